The topological polar surface area (TPSA) is 96.5 Å². The normalized spacial score (nSPS) is 11.1. The molecular weight excluding hydrogens is 420 g/mol. The Morgan fingerprint density at radius 2 is 1.91 bits per heavy atom. The molecule has 5 aromatic rings. The molecule has 0 saturated heterocycles. The lowest BCUT2D eigenvalue weighted by molar-refractivity contribution is -0.115. The van der Waals surface area contributed by atoms with Crippen molar-refractivity contribution in [3.8, 4) is 22.5 Å². The fourth-order valence-corrected chi connectivity index (χ4v) is 4.66. The summed E-state index contributed by atoms with van der Waals surface area (Å²) in [5, 5.41) is 3.87. The molecule has 0 aromatic carbocycles. The van der Waals surface area contributed by atoms with Gasteiger partial charge in [-0.3, -0.25) is 14.8 Å². The molecule has 5 aromatic heterocycles. The fraction of sp³-hybridized carbons (Fsp3) is 0.125. The SMILES string of the molecule is Cc1nc(C)c(CC(=O)Nc2cc(-c3[nH]c4cccnc4c3-c3ccccn3)ccn2)s1. The summed E-state index contributed by atoms with van der Waals surface area (Å²) in [4.78, 5) is 34.9. The average molecular weight is 441 g/mol. The third-order valence-corrected chi connectivity index (χ3v) is 6.18. The molecule has 8 heteroatoms. The summed E-state index contributed by atoms with van der Waals surface area (Å²) in [6.45, 7) is 3.87. The summed E-state index contributed by atoms with van der Waals surface area (Å²) >= 11 is 1.54. The van der Waals surface area contributed by atoms with E-state index < -0.39 is 0 Å². The first-order valence-corrected chi connectivity index (χ1v) is 11.0. The van der Waals surface area contributed by atoms with Gasteiger partial charge in [-0.15, -0.1) is 11.3 Å². The number of thiazole rings is 1. The number of nitrogens with zero attached hydrogens (tertiary/aromatic N) is 4. The van der Waals surface area contributed by atoms with Crippen molar-refractivity contribution in [3.05, 3.63) is 76.6 Å². The van der Waals surface area contributed by atoms with E-state index in [1.54, 1.807) is 29.9 Å². The van der Waals surface area contributed by atoms with Crippen molar-refractivity contribution < 1.29 is 4.79 Å². The first-order chi connectivity index (χ1) is 15.6. The lowest BCUT2D eigenvalue weighted by atomic mass is 10.0. The van der Waals surface area contributed by atoms with Crippen molar-refractivity contribution in [1.82, 2.24) is 24.9 Å². The van der Waals surface area contributed by atoms with Gasteiger partial charge >= 0.3 is 0 Å². The van der Waals surface area contributed by atoms with Crippen LogP contribution in [0.5, 0.6) is 0 Å². The summed E-state index contributed by atoms with van der Waals surface area (Å²) in [5.41, 5.74) is 6.17. The van der Waals surface area contributed by atoms with Gasteiger partial charge in [0.15, 0.2) is 0 Å². The Morgan fingerprint density at radius 1 is 1.03 bits per heavy atom. The second-order valence-corrected chi connectivity index (χ2v) is 8.67. The van der Waals surface area contributed by atoms with Crippen LogP contribution in [0.15, 0.2) is 61.1 Å². The number of fused-ring (bicyclic) bond motifs is 1. The van der Waals surface area contributed by atoms with Crippen molar-refractivity contribution in [3.63, 3.8) is 0 Å². The summed E-state index contributed by atoms with van der Waals surface area (Å²) in [5.74, 6) is 0.370. The van der Waals surface area contributed by atoms with E-state index in [0.717, 1.165) is 49.1 Å². The molecule has 0 spiro atoms. The van der Waals surface area contributed by atoms with Crippen LogP contribution in [0.3, 0.4) is 0 Å². The maximum Gasteiger partial charge on any atom is 0.230 e. The number of hydrogen-bond donors (Lipinski definition) is 2. The van der Waals surface area contributed by atoms with Gasteiger partial charge in [0.25, 0.3) is 0 Å². The lowest BCUT2D eigenvalue weighted by Crippen LogP contribution is -2.15. The number of nitrogens with one attached hydrogen (secondary N) is 2. The molecule has 0 atom stereocenters. The molecule has 5 heterocycles. The van der Waals surface area contributed by atoms with Crippen LogP contribution in [0, 0.1) is 13.8 Å². The number of pyridine rings is 3. The Bertz CT molecular complexity index is 1420. The molecule has 2 N–H and O–H groups in total. The van der Waals surface area contributed by atoms with Gasteiger partial charge in [-0.1, -0.05) is 6.07 Å². The Morgan fingerprint density at radius 3 is 2.69 bits per heavy atom. The van der Waals surface area contributed by atoms with Crippen molar-refractivity contribution in [2.75, 3.05) is 5.32 Å². The van der Waals surface area contributed by atoms with Gasteiger partial charge in [-0.25, -0.2) is 9.97 Å². The van der Waals surface area contributed by atoms with Crippen LogP contribution in [0.25, 0.3) is 33.5 Å². The highest BCUT2D eigenvalue weighted by Gasteiger charge is 2.18. The molecule has 1 amide bonds. The van der Waals surface area contributed by atoms with Crippen molar-refractivity contribution in [2.24, 2.45) is 0 Å². The van der Waals surface area contributed by atoms with Crippen LogP contribution in [0.2, 0.25) is 0 Å². The van der Waals surface area contributed by atoms with Gasteiger partial charge in [-0.2, -0.15) is 0 Å². The minimum atomic E-state index is -0.121. The van der Waals surface area contributed by atoms with E-state index in [1.807, 2.05) is 56.3 Å². The van der Waals surface area contributed by atoms with Gasteiger partial charge in [0.1, 0.15) is 5.82 Å². The standard InChI is InChI=1S/C24H20N6OS/c1-14-19(32-15(2)28-14)13-21(31)30-20-12-16(8-11-26-20)23-22(17-6-3-4-9-25-17)24-18(29-23)7-5-10-27-24/h3-12,29H,13H2,1-2H3,(H,26,30,31). The highest BCUT2D eigenvalue weighted by Crippen LogP contribution is 2.36. The van der Waals surface area contributed by atoms with Crippen LogP contribution in [-0.4, -0.2) is 30.8 Å². The minimum Gasteiger partial charge on any atom is -0.353 e. The summed E-state index contributed by atoms with van der Waals surface area (Å²) in [7, 11) is 0. The molecule has 32 heavy (non-hydrogen) atoms. The quantitative estimate of drug-likeness (QED) is 0.403. The summed E-state index contributed by atoms with van der Waals surface area (Å²) in [6, 6.07) is 13.5. The number of carbonyl (C=O) groups is 1. The number of amides is 1. The Balaban J connectivity index is 1.50. The summed E-state index contributed by atoms with van der Waals surface area (Å²) in [6.07, 6.45) is 5.50. The van der Waals surface area contributed by atoms with Crippen LogP contribution >= 0.6 is 11.3 Å². The molecule has 0 saturated carbocycles. The molecule has 0 aliphatic rings. The molecule has 0 unspecified atom stereocenters. The maximum atomic E-state index is 12.6. The Labute approximate surface area is 188 Å². The van der Waals surface area contributed by atoms with Gasteiger partial charge in [0, 0.05) is 29.0 Å². The van der Waals surface area contributed by atoms with Gasteiger partial charge in [-0.05, 0) is 50.2 Å². The number of aryl methyl sites for hydroxylation is 2. The number of anilines is 1. The largest absolute Gasteiger partial charge is 0.353 e. The third kappa shape index (κ3) is 3.88. The van der Waals surface area contributed by atoms with E-state index in [-0.39, 0.29) is 12.3 Å². The van der Waals surface area contributed by atoms with E-state index in [2.05, 4.69) is 30.2 Å². The zero-order chi connectivity index (χ0) is 22.1. The molecule has 7 nitrogen and oxygen atoms in total. The first kappa shape index (κ1) is 20.0. The van der Waals surface area contributed by atoms with Crippen LogP contribution in [-0.2, 0) is 11.2 Å². The average Bonchev–Trinajstić information content (AvgIpc) is 3.33. The number of rotatable bonds is 5. The highest BCUT2D eigenvalue weighted by molar-refractivity contribution is 7.11. The molecule has 0 aliphatic carbocycles. The molecule has 0 bridgehead atoms. The van der Waals surface area contributed by atoms with Gasteiger partial charge in [0.2, 0.25) is 5.91 Å². The second-order valence-electron chi connectivity index (χ2n) is 7.39. The number of H-pyrrole nitrogens is 1. The van der Waals surface area contributed by atoms with Crippen LogP contribution < -0.4 is 5.32 Å². The summed E-state index contributed by atoms with van der Waals surface area (Å²) < 4.78 is 0. The third-order valence-electron chi connectivity index (χ3n) is 5.11. The molecule has 0 fully saturated rings. The van der Waals surface area contributed by atoms with E-state index >= 15 is 0 Å². The van der Waals surface area contributed by atoms with Gasteiger partial charge in [0.05, 0.1) is 45.1 Å². The predicted octanol–water partition coefficient (Wildman–Crippen LogP) is 4.94. The molecule has 0 aliphatic heterocycles. The van der Waals surface area contributed by atoms with E-state index in [1.165, 1.54) is 0 Å². The first-order valence-electron chi connectivity index (χ1n) is 10.2. The predicted molar refractivity (Wildman–Crippen MR) is 126 cm³/mol. The molecule has 158 valence electrons. The number of hydrogen-bond acceptors (Lipinski definition) is 6. The zero-order valence-electron chi connectivity index (χ0n) is 17.6. The zero-order valence-corrected chi connectivity index (χ0v) is 18.4. The van der Waals surface area contributed by atoms with Gasteiger partial charge < -0.3 is 10.3 Å². The minimum absolute atomic E-state index is 0.121. The van der Waals surface area contributed by atoms with Crippen molar-refractivity contribution >= 4 is 34.1 Å². The number of carbonyl (C=O) groups excluding carboxylic acids is 1. The van der Waals surface area contributed by atoms with E-state index in [0.29, 0.717) is 5.82 Å². The Kier molecular flexibility index (Phi) is 5.20. The molecule has 0 radical (unpaired) electrons. The number of aromatic nitrogens is 5. The smallest absolute Gasteiger partial charge is 0.230 e. The van der Waals surface area contributed by atoms with E-state index in [4.69, 9.17) is 0 Å². The second kappa shape index (κ2) is 8.32. The monoisotopic (exact) mass is 440 g/mol. The van der Waals surface area contributed by atoms with Crippen molar-refractivity contribution in [1.29, 1.82) is 0 Å². The maximum absolute atomic E-state index is 12.6. The van der Waals surface area contributed by atoms with Crippen LogP contribution in [0.1, 0.15) is 15.6 Å². The van der Waals surface area contributed by atoms with Crippen molar-refractivity contribution in [2.45, 2.75) is 20.3 Å². The number of aromatic amines is 1. The lowest BCUT2D eigenvalue weighted by Gasteiger charge is -2.08. The molecular formula is C24H20N6OS. The molecule has 5 rings (SSSR count). The van der Waals surface area contributed by atoms with E-state index in [9.17, 15) is 4.79 Å². The fourth-order valence-electron chi connectivity index (χ4n) is 3.72. The highest BCUT2D eigenvalue weighted by atomic mass is 32.1. The van der Waals surface area contributed by atoms with Crippen LogP contribution in [0.4, 0.5) is 5.82 Å². The Hall–Kier alpha value is -3.91.